The highest BCUT2D eigenvalue weighted by Gasteiger charge is 2.13. The molecule has 1 atom stereocenters. The van der Waals surface area contributed by atoms with Crippen LogP contribution in [0.15, 0.2) is 41.3 Å². The topological polar surface area (TPSA) is 46.9 Å². The van der Waals surface area contributed by atoms with Crippen LogP contribution in [0.1, 0.15) is 38.4 Å². The van der Waals surface area contributed by atoms with Gasteiger partial charge in [-0.3, -0.25) is 4.79 Å². The molecule has 1 aromatic heterocycles. The zero-order chi connectivity index (χ0) is 14.7. The molecule has 0 fully saturated rings. The number of nitrogens with one attached hydrogen (secondary N) is 1. The lowest BCUT2D eigenvalue weighted by molar-refractivity contribution is 0.503. The first-order valence-electron chi connectivity index (χ1n) is 6.59. The normalized spacial score (nSPS) is 12.4. The second-order valence-electron chi connectivity index (χ2n) is 4.99. The SMILES string of the molecule is CC(Nc1cnn(C(C)C)c(=O)c1Cl)c1ccccc1. The third-order valence-electron chi connectivity index (χ3n) is 3.10. The van der Waals surface area contributed by atoms with Crippen LogP contribution in [0.4, 0.5) is 5.69 Å². The van der Waals surface area contributed by atoms with Crippen molar-refractivity contribution in [2.24, 2.45) is 0 Å². The summed E-state index contributed by atoms with van der Waals surface area (Å²) in [5.41, 5.74) is 1.41. The Morgan fingerprint density at radius 3 is 2.45 bits per heavy atom. The van der Waals surface area contributed by atoms with Crippen LogP contribution in [0.25, 0.3) is 0 Å². The summed E-state index contributed by atoms with van der Waals surface area (Å²) in [6.45, 7) is 5.80. The summed E-state index contributed by atoms with van der Waals surface area (Å²) in [7, 11) is 0. The summed E-state index contributed by atoms with van der Waals surface area (Å²) in [5, 5.41) is 7.55. The van der Waals surface area contributed by atoms with E-state index in [2.05, 4.69) is 10.4 Å². The molecule has 1 heterocycles. The van der Waals surface area contributed by atoms with Gasteiger partial charge in [0.25, 0.3) is 5.56 Å². The third kappa shape index (κ3) is 3.02. The van der Waals surface area contributed by atoms with Crippen LogP contribution in [0.3, 0.4) is 0 Å². The first-order chi connectivity index (χ1) is 9.50. The molecule has 20 heavy (non-hydrogen) atoms. The standard InChI is InChI=1S/C15H18ClN3O/c1-10(2)19-15(20)14(16)13(9-17-19)18-11(3)12-7-5-4-6-8-12/h4-11,18H,1-3H3. The Balaban J connectivity index is 2.27. The molecule has 0 aliphatic carbocycles. The Morgan fingerprint density at radius 1 is 1.20 bits per heavy atom. The number of rotatable bonds is 4. The molecule has 0 amide bonds. The van der Waals surface area contributed by atoms with Gasteiger partial charge in [-0.25, -0.2) is 4.68 Å². The van der Waals surface area contributed by atoms with E-state index >= 15 is 0 Å². The zero-order valence-corrected chi connectivity index (χ0v) is 12.6. The molecule has 0 spiro atoms. The summed E-state index contributed by atoms with van der Waals surface area (Å²) in [5.74, 6) is 0. The van der Waals surface area contributed by atoms with Crippen molar-refractivity contribution in [1.82, 2.24) is 9.78 Å². The van der Waals surface area contributed by atoms with Gasteiger partial charge in [-0.15, -0.1) is 0 Å². The van der Waals surface area contributed by atoms with Crippen molar-refractivity contribution < 1.29 is 0 Å². The van der Waals surface area contributed by atoms with Gasteiger partial charge in [0.15, 0.2) is 0 Å². The van der Waals surface area contributed by atoms with E-state index in [9.17, 15) is 4.79 Å². The molecule has 0 saturated carbocycles. The summed E-state index contributed by atoms with van der Waals surface area (Å²) >= 11 is 6.14. The lowest BCUT2D eigenvalue weighted by Crippen LogP contribution is -2.26. The van der Waals surface area contributed by atoms with Crippen molar-refractivity contribution in [3.05, 3.63) is 57.5 Å². The minimum Gasteiger partial charge on any atom is -0.376 e. The van der Waals surface area contributed by atoms with Gasteiger partial charge in [0.05, 0.1) is 17.9 Å². The van der Waals surface area contributed by atoms with E-state index in [0.717, 1.165) is 5.56 Å². The van der Waals surface area contributed by atoms with Crippen LogP contribution in [0.2, 0.25) is 5.02 Å². The van der Waals surface area contributed by atoms with Gasteiger partial charge >= 0.3 is 0 Å². The van der Waals surface area contributed by atoms with Gasteiger partial charge in [-0.1, -0.05) is 41.9 Å². The number of aromatic nitrogens is 2. The number of hydrogen-bond acceptors (Lipinski definition) is 3. The lowest BCUT2D eigenvalue weighted by Gasteiger charge is -2.17. The Hall–Kier alpha value is -1.81. The Labute approximate surface area is 123 Å². The van der Waals surface area contributed by atoms with Crippen molar-refractivity contribution >= 4 is 17.3 Å². The monoisotopic (exact) mass is 291 g/mol. The van der Waals surface area contributed by atoms with E-state index in [-0.39, 0.29) is 22.7 Å². The van der Waals surface area contributed by atoms with Crippen LogP contribution in [0.5, 0.6) is 0 Å². The van der Waals surface area contributed by atoms with Crippen molar-refractivity contribution in [2.75, 3.05) is 5.32 Å². The maximum Gasteiger partial charge on any atom is 0.287 e. The number of benzene rings is 1. The number of nitrogens with zero attached hydrogens (tertiary/aromatic N) is 2. The first kappa shape index (κ1) is 14.6. The quantitative estimate of drug-likeness (QED) is 0.935. The van der Waals surface area contributed by atoms with Gasteiger partial charge in [-0.2, -0.15) is 5.10 Å². The molecule has 1 unspecified atom stereocenters. The fraction of sp³-hybridized carbons (Fsp3) is 0.333. The van der Waals surface area contributed by atoms with Gasteiger partial charge in [-0.05, 0) is 26.3 Å². The molecule has 0 radical (unpaired) electrons. The minimum absolute atomic E-state index is 0.0133. The van der Waals surface area contributed by atoms with Crippen LogP contribution >= 0.6 is 11.6 Å². The largest absolute Gasteiger partial charge is 0.376 e. The van der Waals surface area contributed by atoms with Crippen LogP contribution < -0.4 is 10.9 Å². The average Bonchev–Trinajstić information content (AvgIpc) is 2.44. The third-order valence-corrected chi connectivity index (χ3v) is 3.47. The van der Waals surface area contributed by atoms with Gasteiger partial charge < -0.3 is 5.32 Å². The molecule has 1 N–H and O–H groups in total. The van der Waals surface area contributed by atoms with E-state index in [1.165, 1.54) is 4.68 Å². The molecule has 2 rings (SSSR count). The summed E-state index contributed by atoms with van der Waals surface area (Å²) < 4.78 is 1.38. The molecule has 0 aliphatic rings. The first-order valence-corrected chi connectivity index (χ1v) is 6.97. The number of anilines is 1. The van der Waals surface area contributed by atoms with E-state index in [1.807, 2.05) is 51.1 Å². The molecule has 0 bridgehead atoms. The molecule has 0 saturated heterocycles. The Kier molecular flexibility index (Phi) is 4.45. The fourth-order valence-corrected chi connectivity index (χ4v) is 2.16. The van der Waals surface area contributed by atoms with Crippen molar-refractivity contribution in [3.63, 3.8) is 0 Å². The van der Waals surface area contributed by atoms with E-state index < -0.39 is 0 Å². The highest BCUT2D eigenvalue weighted by atomic mass is 35.5. The lowest BCUT2D eigenvalue weighted by atomic mass is 10.1. The summed E-state index contributed by atoms with van der Waals surface area (Å²) in [6, 6.07) is 10.00. The molecule has 2 aromatic rings. The molecule has 4 nitrogen and oxygen atoms in total. The Morgan fingerprint density at radius 2 is 1.85 bits per heavy atom. The number of halogens is 1. The molecule has 0 aliphatic heterocycles. The molecule has 5 heteroatoms. The highest BCUT2D eigenvalue weighted by Crippen LogP contribution is 2.23. The predicted molar refractivity (Wildman–Crippen MR) is 82.4 cm³/mol. The molecular formula is C15H18ClN3O. The summed E-state index contributed by atoms with van der Waals surface area (Å²) in [4.78, 5) is 12.1. The minimum atomic E-state index is -0.271. The molecule has 1 aromatic carbocycles. The predicted octanol–water partition coefficient (Wildman–Crippen LogP) is 3.65. The van der Waals surface area contributed by atoms with Crippen LogP contribution in [0, 0.1) is 0 Å². The Bertz CT molecular complexity index is 637. The molecule has 106 valence electrons. The zero-order valence-electron chi connectivity index (χ0n) is 11.8. The fourth-order valence-electron chi connectivity index (χ4n) is 1.97. The van der Waals surface area contributed by atoms with E-state index in [4.69, 9.17) is 11.6 Å². The van der Waals surface area contributed by atoms with Crippen LogP contribution in [-0.4, -0.2) is 9.78 Å². The van der Waals surface area contributed by atoms with Crippen molar-refractivity contribution in [3.8, 4) is 0 Å². The van der Waals surface area contributed by atoms with E-state index in [1.54, 1.807) is 6.20 Å². The average molecular weight is 292 g/mol. The van der Waals surface area contributed by atoms with Crippen LogP contribution in [-0.2, 0) is 0 Å². The second kappa shape index (κ2) is 6.09. The van der Waals surface area contributed by atoms with Crippen molar-refractivity contribution in [1.29, 1.82) is 0 Å². The highest BCUT2D eigenvalue weighted by molar-refractivity contribution is 6.32. The van der Waals surface area contributed by atoms with Gasteiger partial charge in [0, 0.05) is 6.04 Å². The molecular weight excluding hydrogens is 274 g/mol. The number of hydrogen-bond donors (Lipinski definition) is 1. The second-order valence-corrected chi connectivity index (χ2v) is 5.37. The van der Waals surface area contributed by atoms with Gasteiger partial charge in [0.1, 0.15) is 5.02 Å². The maximum absolute atomic E-state index is 12.1. The van der Waals surface area contributed by atoms with Crippen molar-refractivity contribution in [2.45, 2.75) is 32.9 Å². The van der Waals surface area contributed by atoms with Gasteiger partial charge in [0.2, 0.25) is 0 Å². The summed E-state index contributed by atoms with van der Waals surface area (Å²) in [6.07, 6.45) is 1.60. The van der Waals surface area contributed by atoms with E-state index in [0.29, 0.717) is 5.69 Å². The maximum atomic E-state index is 12.1. The smallest absolute Gasteiger partial charge is 0.287 e.